The molecule has 1 aromatic carbocycles. The Balaban J connectivity index is 2.05. The van der Waals surface area contributed by atoms with Crippen LogP contribution in [-0.2, 0) is 10.3 Å². The number of likely N-dealkylation sites (tertiary alicyclic amines) is 1. The number of hydrogen-bond donors (Lipinski definition) is 1. The van der Waals surface area contributed by atoms with E-state index in [1.54, 1.807) is 13.0 Å². The molecule has 1 heterocycles. The molecule has 1 fully saturated rings. The Morgan fingerprint density at radius 3 is 2.67 bits per heavy atom. The minimum Gasteiger partial charge on any atom is -0.347 e. The van der Waals surface area contributed by atoms with Crippen LogP contribution in [0.1, 0.15) is 38.3 Å². The Labute approximate surface area is 126 Å². The summed E-state index contributed by atoms with van der Waals surface area (Å²) in [6.45, 7) is 10.5. The summed E-state index contributed by atoms with van der Waals surface area (Å²) < 4.78 is 13.7. The molecule has 0 bridgehead atoms. The molecule has 1 aromatic rings. The molecule has 1 aliphatic heterocycles. The number of carbonyl (C=O) groups excluding carboxylic acids is 1. The van der Waals surface area contributed by atoms with Crippen LogP contribution < -0.4 is 5.32 Å². The molecule has 0 aromatic heterocycles. The Bertz CT molecular complexity index is 524. The lowest BCUT2D eigenvalue weighted by Crippen LogP contribution is -2.48. The number of hydrogen-bond acceptors (Lipinski definition) is 2. The Hall–Kier alpha value is -1.42. The van der Waals surface area contributed by atoms with Crippen molar-refractivity contribution in [2.45, 2.75) is 39.7 Å². The molecule has 1 N–H and O–H groups in total. The molecule has 0 saturated carbocycles. The van der Waals surface area contributed by atoms with Crippen molar-refractivity contribution in [3.05, 3.63) is 35.1 Å². The van der Waals surface area contributed by atoms with E-state index in [1.165, 1.54) is 12.5 Å². The number of rotatable bonds is 5. The summed E-state index contributed by atoms with van der Waals surface area (Å²) in [5, 5.41) is 3.06. The highest BCUT2D eigenvalue weighted by Crippen LogP contribution is 2.25. The lowest BCUT2D eigenvalue weighted by molar-refractivity contribution is -0.127. The van der Waals surface area contributed by atoms with E-state index in [1.807, 2.05) is 26.8 Å². The highest BCUT2D eigenvalue weighted by Gasteiger charge is 2.29. The van der Waals surface area contributed by atoms with Gasteiger partial charge in [-0.2, -0.15) is 0 Å². The fourth-order valence-corrected chi connectivity index (χ4v) is 2.82. The second-order valence-corrected chi connectivity index (χ2v) is 6.58. The first kappa shape index (κ1) is 16.0. The zero-order valence-electron chi connectivity index (χ0n) is 13.4. The molecule has 1 atom stereocenters. The van der Waals surface area contributed by atoms with Crippen molar-refractivity contribution in [1.82, 2.24) is 10.2 Å². The van der Waals surface area contributed by atoms with Gasteiger partial charge in [-0.3, -0.25) is 4.79 Å². The third-order valence-corrected chi connectivity index (χ3v) is 4.31. The maximum atomic E-state index is 13.7. The Kier molecular flexibility index (Phi) is 4.67. The Morgan fingerprint density at radius 2 is 2.10 bits per heavy atom. The molecule has 0 aliphatic carbocycles. The smallest absolute Gasteiger partial charge is 0.224 e. The van der Waals surface area contributed by atoms with Crippen molar-refractivity contribution < 1.29 is 9.18 Å². The van der Waals surface area contributed by atoms with Crippen LogP contribution in [0, 0.1) is 18.7 Å². The summed E-state index contributed by atoms with van der Waals surface area (Å²) >= 11 is 0. The predicted molar refractivity (Wildman–Crippen MR) is 82.5 cm³/mol. The Morgan fingerprint density at radius 1 is 1.43 bits per heavy atom. The minimum absolute atomic E-state index is 0.0237. The van der Waals surface area contributed by atoms with Gasteiger partial charge in [0.1, 0.15) is 5.82 Å². The van der Waals surface area contributed by atoms with Crippen molar-refractivity contribution >= 4 is 5.91 Å². The maximum Gasteiger partial charge on any atom is 0.224 e. The van der Waals surface area contributed by atoms with E-state index in [0.717, 1.165) is 25.2 Å². The fourth-order valence-electron chi connectivity index (χ4n) is 2.82. The molecule has 0 spiro atoms. The van der Waals surface area contributed by atoms with E-state index in [-0.39, 0.29) is 17.6 Å². The SMILES string of the molecule is Cc1c(F)cccc1C(C)(C)NC(=O)[C@H](C)CN1CCC1. The van der Waals surface area contributed by atoms with E-state index >= 15 is 0 Å². The lowest BCUT2D eigenvalue weighted by Gasteiger charge is -2.34. The predicted octanol–water partition coefficient (Wildman–Crippen LogP) is 2.83. The van der Waals surface area contributed by atoms with Gasteiger partial charge in [-0.15, -0.1) is 0 Å². The molecular weight excluding hydrogens is 267 g/mol. The maximum absolute atomic E-state index is 13.7. The molecule has 0 unspecified atom stereocenters. The van der Waals surface area contributed by atoms with Gasteiger partial charge < -0.3 is 10.2 Å². The van der Waals surface area contributed by atoms with Crippen molar-refractivity contribution in [3.8, 4) is 0 Å². The number of amides is 1. The van der Waals surface area contributed by atoms with E-state index in [0.29, 0.717) is 5.56 Å². The summed E-state index contributed by atoms with van der Waals surface area (Å²) in [5.74, 6) is -0.266. The molecule has 1 saturated heterocycles. The molecule has 3 nitrogen and oxygen atoms in total. The second-order valence-electron chi connectivity index (χ2n) is 6.58. The zero-order valence-corrected chi connectivity index (χ0v) is 13.4. The second kappa shape index (κ2) is 6.14. The van der Waals surface area contributed by atoms with Crippen LogP contribution in [0.25, 0.3) is 0 Å². The van der Waals surface area contributed by atoms with E-state index in [2.05, 4.69) is 10.2 Å². The van der Waals surface area contributed by atoms with Crippen molar-refractivity contribution in [1.29, 1.82) is 0 Å². The van der Waals surface area contributed by atoms with Gasteiger partial charge in [0.05, 0.1) is 5.54 Å². The van der Waals surface area contributed by atoms with Crippen LogP contribution >= 0.6 is 0 Å². The molecule has 4 heteroatoms. The van der Waals surface area contributed by atoms with Crippen LogP contribution in [0.5, 0.6) is 0 Å². The number of halogens is 1. The molecular formula is C17H25FN2O. The minimum atomic E-state index is -0.577. The topological polar surface area (TPSA) is 32.3 Å². The zero-order chi connectivity index (χ0) is 15.6. The highest BCUT2D eigenvalue weighted by molar-refractivity contribution is 5.79. The quantitative estimate of drug-likeness (QED) is 0.905. The summed E-state index contributed by atoms with van der Waals surface area (Å²) in [7, 11) is 0. The summed E-state index contributed by atoms with van der Waals surface area (Å²) in [6.07, 6.45) is 1.22. The van der Waals surface area contributed by atoms with Crippen LogP contribution in [0.4, 0.5) is 4.39 Å². The van der Waals surface area contributed by atoms with E-state index in [4.69, 9.17) is 0 Å². The first-order valence-electron chi connectivity index (χ1n) is 7.61. The summed E-state index contributed by atoms with van der Waals surface area (Å²) in [6, 6.07) is 5.01. The van der Waals surface area contributed by atoms with Gasteiger partial charge in [-0.25, -0.2) is 4.39 Å². The normalized spacial score (nSPS) is 17.2. The monoisotopic (exact) mass is 292 g/mol. The number of nitrogens with zero attached hydrogens (tertiary/aromatic N) is 1. The van der Waals surface area contributed by atoms with E-state index < -0.39 is 5.54 Å². The van der Waals surface area contributed by atoms with Crippen molar-refractivity contribution in [2.24, 2.45) is 5.92 Å². The molecule has 116 valence electrons. The van der Waals surface area contributed by atoms with Gasteiger partial charge in [0, 0.05) is 12.5 Å². The van der Waals surface area contributed by atoms with Crippen LogP contribution in [-0.4, -0.2) is 30.4 Å². The van der Waals surface area contributed by atoms with Crippen molar-refractivity contribution in [2.75, 3.05) is 19.6 Å². The first-order chi connectivity index (χ1) is 9.81. The van der Waals surface area contributed by atoms with Crippen molar-refractivity contribution in [3.63, 3.8) is 0 Å². The van der Waals surface area contributed by atoms with Gasteiger partial charge >= 0.3 is 0 Å². The number of nitrogens with one attached hydrogen (secondary N) is 1. The number of carbonyl (C=O) groups is 1. The van der Waals surface area contributed by atoms with Gasteiger partial charge in [0.25, 0.3) is 0 Å². The third kappa shape index (κ3) is 3.62. The van der Waals surface area contributed by atoms with Gasteiger partial charge in [0.2, 0.25) is 5.91 Å². The molecule has 1 amide bonds. The van der Waals surface area contributed by atoms with Gasteiger partial charge in [-0.1, -0.05) is 19.1 Å². The van der Waals surface area contributed by atoms with Gasteiger partial charge in [0.15, 0.2) is 0 Å². The number of benzene rings is 1. The van der Waals surface area contributed by atoms with Gasteiger partial charge in [-0.05, 0) is 57.5 Å². The lowest BCUT2D eigenvalue weighted by atomic mass is 9.89. The first-order valence-corrected chi connectivity index (χ1v) is 7.61. The molecule has 21 heavy (non-hydrogen) atoms. The molecule has 2 rings (SSSR count). The van der Waals surface area contributed by atoms with E-state index in [9.17, 15) is 9.18 Å². The molecule has 0 radical (unpaired) electrons. The van der Waals surface area contributed by atoms with Crippen LogP contribution in [0.3, 0.4) is 0 Å². The fraction of sp³-hybridized carbons (Fsp3) is 0.588. The summed E-state index contributed by atoms with van der Waals surface area (Å²) in [4.78, 5) is 14.7. The largest absolute Gasteiger partial charge is 0.347 e. The highest BCUT2D eigenvalue weighted by atomic mass is 19.1. The van der Waals surface area contributed by atoms with Crippen LogP contribution in [0.2, 0.25) is 0 Å². The summed E-state index contributed by atoms with van der Waals surface area (Å²) in [5.41, 5.74) is 0.845. The third-order valence-electron chi connectivity index (χ3n) is 4.31. The average Bonchev–Trinajstić information content (AvgIpc) is 2.36. The molecule has 1 aliphatic rings. The average molecular weight is 292 g/mol. The standard InChI is InChI=1S/C17H25FN2O/c1-12(11-20-9-6-10-20)16(21)19-17(3,4)14-7-5-8-15(18)13(14)2/h5,7-8,12H,6,9-11H2,1-4H3,(H,19,21)/t12-/m1/s1. The van der Waals surface area contributed by atoms with Crippen LogP contribution in [0.15, 0.2) is 18.2 Å².